The molecular formula is C14H24N2O. The zero-order chi connectivity index (χ0) is 12.5. The van der Waals surface area contributed by atoms with E-state index in [-0.39, 0.29) is 0 Å². The lowest BCUT2D eigenvalue weighted by molar-refractivity contribution is 0.200. The highest BCUT2D eigenvalue weighted by Gasteiger charge is 2.04. The molecule has 0 aliphatic heterocycles. The van der Waals surface area contributed by atoms with Crippen LogP contribution >= 0.6 is 0 Å². The SMILES string of the molecule is COCCNCCNc1ccccc1C(C)C. The standard InChI is InChI=1S/C14H24N2O/c1-12(2)13-6-4-5-7-14(13)16-9-8-15-10-11-17-3/h4-7,12,15-16H,8-11H2,1-3H3. The Labute approximate surface area is 105 Å². The molecule has 0 amide bonds. The minimum absolute atomic E-state index is 0.556. The lowest BCUT2D eigenvalue weighted by atomic mass is 10.0. The molecule has 1 rings (SSSR count). The van der Waals surface area contributed by atoms with Gasteiger partial charge in [-0.15, -0.1) is 0 Å². The Morgan fingerprint density at radius 1 is 1.12 bits per heavy atom. The molecule has 3 nitrogen and oxygen atoms in total. The third kappa shape index (κ3) is 5.20. The molecule has 0 fully saturated rings. The molecule has 0 heterocycles. The number of hydrogen-bond donors (Lipinski definition) is 2. The van der Waals surface area contributed by atoms with Crippen molar-refractivity contribution >= 4 is 5.69 Å². The Hall–Kier alpha value is -1.06. The minimum Gasteiger partial charge on any atom is -0.384 e. The molecule has 0 aliphatic carbocycles. The summed E-state index contributed by atoms with van der Waals surface area (Å²) in [5.74, 6) is 0.556. The highest BCUT2D eigenvalue weighted by molar-refractivity contribution is 5.52. The van der Waals surface area contributed by atoms with Crippen molar-refractivity contribution in [3.63, 3.8) is 0 Å². The van der Waals surface area contributed by atoms with Gasteiger partial charge < -0.3 is 15.4 Å². The maximum absolute atomic E-state index is 4.97. The van der Waals surface area contributed by atoms with Gasteiger partial charge in [-0.05, 0) is 17.5 Å². The van der Waals surface area contributed by atoms with E-state index < -0.39 is 0 Å². The quantitative estimate of drug-likeness (QED) is 0.680. The number of anilines is 1. The fourth-order valence-electron chi connectivity index (χ4n) is 1.75. The lowest BCUT2D eigenvalue weighted by Gasteiger charge is -2.14. The summed E-state index contributed by atoms with van der Waals surface area (Å²) in [5, 5.41) is 6.79. The van der Waals surface area contributed by atoms with Crippen LogP contribution in [0.5, 0.6) is 0 Å². The molecule has 17 heavy (non-hydrogen) atoms. The Bertz CT molecular complexity index is 313. The smallest absolute Gasteiger partial charge is 0.0587 e. The van der Waals surface area contributed by atoms with Crippen molar-refractivity contribution in [2.24, 2.45) is 0 Å². The first-order valence-corrected chi connectivity index (χ1v) is 6.28. The van der Waals surface area contributed by atoms with E-state index in [1.54, 1.807) is 7.11 Å². The van der Waals surface area contributed by atoms with E-state index in [0.29, 0.717) is 5.92 Å². The zero-order valence-electron chi connectivity index (χ0n) is 11.1. The number of methoxy groups -OCH3 is 1. The number of nitrogens with one attached hydrogen (secondary N) is 2. The van der Waals surface area contributed by atoms with Crippen molar-refractivity contribution in [3.8, 4) is 0 Å². The molecule has 0 radical (unpaired) electrons. The summed E-state index contributed by atoms with van der Waals surface area (Å²) in [5.41, 5.74) is 2.63. The summed E-state index contributed by atoms with van der Waals surface area (Å²) >= 11 is 0. The van der Waals surface area contributed by atoms with Crippen LogP contribution in [0.2, 0.25) is 0 Å². The van der Waals surface area contributed by atoms with Crippen molar-refractivity contribution in [2.45, 2.75) is 19.8 Å². The molecule has 0 atom stereocenters. The van der Waals surface area contributed by atoms with Gasteiger partial charge in [-0.25, -0.2) is 0 Å². The molecule has 0 aliphatic rings. The highest BCUT2D eigenvalue weighted by atomic mass is 16.5. The van der Waals surface area contributed by atoms with Crippen LogP contribution in [0.4, 0.5) is 5.69 Å². The van der Waals surface area contributed by atoms with E-state index in [1.807, 2.05) is 0 Å². The summed E-state index contributed by atoms with van der Waals surface area (Å²) in [6, 6.07) is 8.50. The van der Waals surface area contributed by atoms with Crippen molar-refractivity contribution in [2.75, 3.05) is 38.7 Å². The fourth-order valence-corrected chi connectivity index (χ4v) is 1.75. The van der Waals surface area contributed by atoms with E-state index in [9.17, 15) is 0 Å². The van der Waals surface area contributed by atoms with Gasteiger partial charge in [0.05, 0.1) is 6.61 Å². The van der Waals surface area contributed by atoms with Crippen LogP contribution < -0.4 is 10.6 Å². The molecule has 1 aromatic carbocycles. The minimum atomic E-state index is 0.556. The van der Waals surface area contributed by atoms with Gasteiger partial charge in [-0.3, -0.25) is 0 Å². The largest absolute Gasteiger partial charge is 0.384 e. The maximum atomic E-state index is 4.97. The van der Waals surface area contributed by atoms with Gasteiger partial charge >= 0.3 is 0 Å². The number of hydrogen-bond acceptors (Lipinski definition) is 3. The Kier molecular flexibility index (Phi) is 6.67. The summed E-state index contributed by atoms with van der Waals surface area (Å²) in [7, 11) is 1.72. The monoisotopic (exact) mass is 236 g/mol. The van der Waals surface area contributed by atoms with Gasteiger partial charge in [0.1, 0.15) is 0 Å². The number of rotatable bonds is 8. The third-order valence-electron chi connectivity index (χ3n) is 2.68. The Morgan fingerprint density at radius 3 is 2.59 bits per heavy atom. The topological polar surface area (TPSA) is 33.3 Å². The van der Waals surface area contributed by atoms with Gasteiger partial charge in [-0.1, -0.05) is 32.0 Å². The first kappa shape index (κ1) is 14.0. The van der Waals surface area contributed by atoms with Gasteiger partial charge in [0.2, 0.25) is 0 Å². The maximum Gasteiger partial charge on any atom is 0.0587 e. The van der Waals surface area contributed by atoms with Crippen LogP contribution in [0, 0.1) is 0 Å². The van der Waals surface area contributed by atoms with Crippen LogP contribution in [-0.2, 0) is 4.74 Å². The average molecular weight is 236 g/mol. The second-order valence-electron chi connectivity index (χ2n) is 4.41. The molecule has 3 heteroatoms. The Morgan fingerprint density at radius 2 is 1.88 bits per heavy atom. The van der Waals surface area contributed by atoms with E-state index >= 15 is 0 Å². The normalized spacial score (nSPS) is 10.8. The molecule has 0 spiro atoms. The van der Waals surface area contributed by atoms with Crippen LogP contribution in [0.25, 0.3) is 0 Å². The fraction of sp³-hybridized carbons (Fsp3) is 0.571. The van der Waals surface area contributed by atoms with Crippen molar-refractivity contribution in [3.05, 3.63) is 29.8 Å². The summed E-state index contributed by atoms with van der Waals surface area (Å²) in [6.45, 7) is 8.00. The van der Waals surface area contributed by atoms with Gasteiger partial charge in [0, 0.05) is 32.4 Å². The summed E-state index contributed by atoms with van der Waals surface area (Å²) < 4.78 is 4.97. The van der Waals surface area contributed by atoms with E-state index in [0.717, 1.165) is 26.2 Å². The molecule has 1 aromatic rings. The summed E-state index contributed by atoms with van der Waals surface area (Å²) in [4.78, 5) is 0. The Balaban J connectivity index is 2.31. The molecule has 0 saturated carbocycles. The molecule has 0 saturated heterocycles. The van der Waals surface area contributed by atoms with E-state index in [4.69, 9.17) is 4.74 Å². The molecular weight excluding hydrogens is 212 g/mol. The first-order valence-electron chi connectivity index (χ1n) is 6.28. The number of benzene rings is 1. The second-order valence-corrected chi connectivity index (χ2v) is 4.41. The van der Waals surface area contributed by atoms with Gasteiger partial charge in [-0.2, -0.15) is 0 Å². The first-order chi connectivity index (χ1) is 8.25. The molecule has 0 unspecified atom stereocenters. The molecule has 2 N–H and O–H groups in total. The highest BCUT2D eigenvalue weighted by Crippen LogP contribution is 2.23. The van der Waals surface area contributed by atoms with Crippen molar-refractivity contribution in [1.29, 1.82) is 0 Å². The van der Waals surface area contributed by atoms with Gasteiger partial charge in [0.15, 0.2) is 0 Å². The van der Waals surface area contributed by atoms with Crippen LogP contribution in [0.3, 0.4) is 0 Å². The van der Waals surface area contributed by atoms with Crippen LogP contribution in [0.15, 0.2) is 24.3 Å². The molecule has 0 aromatic heterocycles. The van der Waals surface area contributed by atoms with Crippen LogP contribution in [0.1, 0.15) is 25.3 Å². The lowest BCUT2D eigenvalue weighted by Crippen LogP contribution is -2.25. The van der Waals surface area contributed by atoms with Crippen LogP contribution in [-0.4, -0.2) is 33.4 Å². The second kappa shape index (κ2) is 8.09. The predicted molar refractivity (Wildman–Crippen MR) is 73.8 cm³/mol. The van der Waals surface area contributed by atoms with E-state index in [2.05, 4.69) is 48.7 Å². The van der Waals surface area contributed by atoms with Crippen molar-refractivity contribution < 1.29 is 4.74 Å². The predicted octanol–water partition coefficient (Wildman–Crippen LogP) is 2.46. The molecule has 96 valence electrons. The number of para-hydroxylation sites is 1. The third-order valence-corrected chi connectivity index (χ3v) is 2.68. The van der Waals surface area contributed by atoms with E-state index in [1.165, 1.54) is 11.3 Å². The zero-order valence-corrected chi connectivity index (χ0v) is 11.1. The van der Waals surface area contributed by atoms with Gasteiger partial charge in [0.25, 0.3) is 0 Å². The summed E-state index contributed by atoms with van der Waals surface area (Å²) in [6.07, 6.45) is 0. The number of ether oxygens (including phenoxy) is 1. The molecule has 0 bridgehead atoms. The average Bonchev–Trinajstić information content (AvgIpc) is 2.34. The van der Waals surface area contributed by atoms with Crippen molar-refractivity contribution in [1.82, 2.24) is 5.32 Å².